The van der Waals surface area contributed by atoms with E-state index in [2.05, 4.69) is 10.1 Å². The Morgan fingerprint density at radius 3 is 2.83 bits per heavy atom. The van der Waals surface area contributed by atoms with Crippen molar-refractivity contribution >= 4 is 17.6 Å². The summed E-state index contributed by atoms with van der Waals surface area (Å²) in [6, 6.07) is 11.9. The topological polar surface area (TPSA) is 85.5 Å². The third-order valence-electron chi connectivity index (χ3n) is 3.37. The lowest BCUT2D eigenvalue weighted by molar-refractivity contribution is 0.0426. The Hall–Kier alpha value is -2.86. The molecular formula is C17H13ClN2O4. The average Bonchev–Trinajstić information content (AvgIpc) is 3.04. The van der Waals surface area contributed by atoms with Crippen molar-refractivity contribution in [1.82, 2.24) is 10.1 Å². The molecule has 3 rings (SSSR count). The van der Waals surface area contributed by atoms with E-state index in [0.29, 0.717) is 22.0 Å². The van der Waals surface area contributed by atoms with E-state index in [-0.39, 0.29) is 23.8 Å². The second-order valence-corrected chi connectivity index (χ2v) is 5.45. The van der Waals surface area contributed by atoms with Crippen molar-refractivity contribution in [3.63, 3.8) is 0 Å². The van der Waals surface area contributed by atoms with Crippen molar-refractivity contribution < 1.29 is 19.2 Å². The summed E-state index contributed by atoms with van der Waals surface area (Å²) < 4.78 is 10.2. The van der Waals surface area contributed by atoms with E-state index in [0.717, 1.165) is 0 Å². The van der Waals surface area contributed by atoms with Crippen LogP contribution in [0.5, 0.6) is 5.75 Å². The summed E-state index contributed by atoms with van der Waals surface area (Å²) in [5.74, 6) is -0.339. The number of esters is 1. The third-order valence-corrected chi connectivity index (χ3v) is 3.70. The highest BCUT2D eigenvalue weighted by molar-refractivity contribution is 6.33. The van der Waals surface area contributed by atoms with Crippen molar-refractivity contribution in [2.75, 3.05) is 0 Å². The van der Waals surface area contributed by atoms with E-state index in [4.69, 9.17) is 20.9 Å². The van der Waals surface area contributed by atoms with Crippen LogP contribution in [0.15, 0.2) is 47.0 Å². The van der Waals surface area contributed by atoms with Crippen LogP contribution in [0, 0.1) is 6.92 Å². The minimum absolute atomic E-state index is 0.0841. The molecule has 0 aliphatic rings. The molecule has 0 fully saturated rings. The SMILES string of the molecule is Cc1cccc(C(=O)OCc2nc(-c3ccccc3Cl)no2)c1O. The van der Waals surface area contributed by atoms with Gasteiger partial charge in [-0.3, -0.25) is 0 Å². The van der Waals surface area contributed by atoms with Crippen molar-refractivity contribution in [3.8, 4) is 17.1 Å². The number of para-hydroxylation sites is 1. The number of hydrogen-bond donors (Lipinski definition) is 1. The molecule has 0 saturated heterocycles. The average molecular weight is 345 g/mol. The van der Waals surface area contributed by atoms with Gasteiger partial charge in [-0.2, -0.15) is 4.98 Å². The fourth-order valence-electron chi connectivity index (χ4n) is 2.09. The Bertz CT molecular complexity index is 892. The predicted octanol–water partition coefficient (Wildman–Crippen LogP) is 3.76. The number of nitrogens with zero attached hydrogens (tertiary/aromatic N) is 2. The zero-order chi connectivity index (χ0) is 17.1. The number of aromatic nitrogens is 2. The summed E-state index contributed by atoms with van der Waals surface area (Å²) in [5, 5.41) is 14.2. The van der Waals surface area contributed by atoms with Crippen LogP contribution in [-0.4, -0.2) is 21.2 Å². The van der Waals surface area contributed by atoms with Crippen LogP contribution in [0.2, 0.25) is 5.02 Å². The van der Waals surface area contributed by atoms with E-state index >= 15 is 0 Å². The maximum absolute atomic E-state index is 12.0. The maximum Gasteiger partial charge on any atom is 0.342 e. The van der Waals surface area contributed by atoms with Crippen LogP contribution in [0.25, 0.3) is 11.4 Å². The fraction of sp³-hybridized carbons (Fsp3) is 0.118. The van der Waals surface area contributed by atoms with Gasteiger partial charge in [-0.25, -0.2) is 4.79 Å². The molecule has 2 aromatic carbocycles. The number of halogens is 1. The number of phenols is 1. The van der Waals surface area contributed by atoms with Crippen LogP contribution in [0.4, 0.5) is 0 Å². The Labute approximate surface area is 142 Å². The summed E-state index contributed by atoms with van der Waals surface area (Å²) >= 11 is 6.07. The van der Waals surface area contributed by atoms with Crippen LogP contribution in [-0.2, 0) is 11.3 Å². The molecule has 6 nitrogen and oxygen atoms in total. The summed E-state index contributed by atoms with van der Waals surface area (Å²) in [4.78, 5) is 16.2. The third kappa shape index (κ3) is 3.23. The molecule has 24 heavy (non-hydrogen) atoms. The molecule has 0 bridgehead atoms. The van der Waals surface area contributed by atoms with Gasteiger partial charge in [-0.15, -0.1) is 0 Å². The van der Waals surface area contributed by atoms with Crippen molar-refractivity contribution in [1.29, 1.82) is 0 Å². The highest BCUT2D eigenvalue weighted by Gasteiger charge is 2.16. The van der Waals surface area contributed by atoms with E-state index in [1.807, 2.05) is 0 Å². The van der Waals surface area contributed by atoms with Crippen LogP contribution >= 0.6 is 11.6 Å². The van der Waals surface area contributed by atoms with Crippen molar-refractivity contribution in [2.45, 2.75) is 13.5 Å². The highest BCUT2D eigenvalue weighted by Crippen LogP contribution is 2.25. The molecule has 0 aliphatic carbocycles. The molecule has 0 saturated carbocycles. The van der Waals surface area contributed by atoms with Gasteiger partial charge in [0.25, 0.3) is 5.89 Å². The second-order valence-electron chi connectivity index (χ2n) is 5.04. The number of phenolic OH excluding ortho intramolecular Hbond substituents is 1. The number of carbonyl (C=O) groups excluding carboxylic acids is 1. The molecule has 1 heterocycles. The molecule has 1 N–H and O–H groups in total. The van der Waals surface area contributed by atoms with Gasteiger partial charge in [0.1, 0.15) is 11.3 Å². The molecule has 0 aliphatic heterocycles. The lowest BCUT2D eigenvalue weighted by atomic mass is 10.1. The number of aryl methyl sites for hydroxylation is 1. The molecule has 7 heteroatoms. The molecule has 0 unspecified atom stereocenters. The van der Waals surface area contributed by atoms with Crippen LogP contribution < -0.4 is 0 Å². The van der Waals surface area contributed by atoms with Gasteiger partial charge >= 0.3 is 5.97 Å². The van der Waals surface area contributed by atoms with Crippen LogP contribution in [0.1, 0.15) is 21.8 Å². The van der Waals surface area contributed by atoms with Gasteiger partial charge in [0.2, 0.25) is 5.82 Å². The zero-order valence-corrected chi connectivity index (χ0v) is 13.4. The Kier molecular flexibility index (Phi) is 4.48. The summed E-state index contributed by atoms with van der Waals surface area (Å²) in [6.45, 7) is 1.49. The molecule has 122 valence electrons. The summed E-state index contributed by atoms with van der Waals surface area (Å²) in [6.07, 6.45) is 0. The first-order valence-electron chi connectivity index (χ1n) is 7.09. The predicted molar refractivity (Wildman–Crippen MR) is 86.7 cm³/mol. The number of benzene rings is 2. The molecule has 0 atom stereocenters. The summed E-state index contributed by atoms with van der Waals surface area (Å²) in [7, 11) is 0. The second kappa shape index (κ2) is 6.72. The summed E-state index contributed by atoms with van der Waals surface area (Å²) in [5.41, 5.74) is 1.29. The van der Waals surface area contributed by atoms with E-state index in [9.17, 15) is 9.90 Å². The quantitative estimate of drug-likeness (QED) is 0.725. The van der Waals surface area contributed by atoms with Crippen LogP contribution in [0.3, 0.4) is 0 Å². The first-order chi connectivity index (χ1) is 11.6. The molecular weight excluding hydrogens is 332 g/mol. The molecule has 0 radical (unpaired) electrons. The van der Waals surface area contributed by atoms with E-state index < -0.39 is 5.97 Å². The maximum atomic E-state index is 12.0. The van der Waals surface area contributed by atoms with Gasteiger partial charge in [-0.1, -0.05) is 41.0 Å². The first kappa shape index (κ1) is 16.0. The number of rotatable bonds is 4. The Morgan fingerprint density at radius 1 is 1.25 bits per heavy atom. The lowest BCUT2D eigenvalue weighted by Gasteiger charge is -2.05. The highest BCUT2D eigenvalue weighted by atomic mass is 35.5. The standard InChI is InChI=1S/C17H13ClN2O4/c1-10-5-4-7-12(15(10)21)17(22)23-9-14-19-16(20-24-14)11-6-2-3-8-13(11)18/h2-8,21H,9H2,1H3. The number of carbonyl (C=O) groups is 1. The minimum Gasteiger partial charge on any atom is -0.507 e. The van der Waals surface area contributed by atoms with Crippen molar-refractivity contribution in [2.24, 2.45) is 0 Å². The minimum atomic E-state index is -0.673. The lowest BCUT2D eigenvalue weighted by Crippen LogP contribution is -2.06. The first-order valence-corrected chi connectivity index (χ1v) is 7.47. The number of ether oxygens (including phenoxy) is 1. The van der Waals surface area contributed by atoms with Gasteiger partial charge in [0.15, 0.2) is 6.61 Å². The van der Waals surface area contributed by atoms with E-state index in [1.54, 1.807) is 43.3 Å². The molecule has 1 aromatic heterocycles. The molecule has 0 amide bonds. The largest absolute Gasteiger partial charge is 0.507 e. The zero-order valence-electron chi connectivity index (χ0n) is 12.7. The normalized spacial score (nSPS) is 10.6. The molecule has 0 spiro atoms. The monoisotopic (exact) mass is 344 g/mol. The van der Waals surface area contributed by atoms with Gasteiger partial charge in [-0.05, 0) is 30.7 Å². The Balaban J connectivity index is 1.71. The van der Waals surface area contributed by atoms with Crippen molar-refractivity contribution in [3.05, 3.63) is 64.5 Å². The number of hydrogen-bond acceptors (Lipinski definition) is 6. The smallest absolute Gasteiger partial charge is 0.342 e. The van der Waals surface area contributed by atoms with Gasteiger partial charge in [0.05, 0.1) is 5.02 Å². The van der Waals surface area contributed by atoms with Gasteiger partial charge < -0.3 is 14.4 Å². The molecule has 3 aromatic rings. The fourth-order valence-corrected chi connectivity index (χ4v) is 2.31. The van der Waals surface area contributed by atoms with Gasteiger partial charge in [0, 0.05) is 5.56 Å². The van der Waals surface area contributed by atoms with E-state index in [1.165, 1.54) is 6.07 Å². The Morgan fingerprint density at radius 2 is 2.04 bits per heavy atom. The number of aromatic hydroxyl groups is 1.